The first-order valence-electron chi connectivity index (χ1n) is 6.63. The second-order valence-corrected chi connectivity index (χ2v) is 6.77. The zero-order chi connectivity index (χ0) is 16.9. The van der Waals surface area contributed by atoms with Crippen molar-refractivity contribution in [2.24, 2.45) is 0 Å². The number of hydrogen-bond donors (Lipinski definition) is 3. The van der Waals surface area contributed by atoms with Gasteiger partial charge in [-0.05, 0) is 24.3 Å². The van der Waals surface area contributed by atoms with E-state index >= 15 is 0 Å². The van der Waals surface area contributed by atoms with E-state index in [1.54, 1.807) is 51.9 Å². The van der Waals surface area contributed by atoms with Crippen LogP contribution < -0.4 is 10.6 Å². The summed E-state index contributed by atoms with van der Waals surface area (Å²) >= 11 is 0. The van der Waals surface area contributed by atoms with Crippen LogP contribution in [-0.4, -0.2) is 41.7 Å². The number of amides is 2. The van der Waals surface area contributed by atoms with Crippen molar-refractivity contribution in [2.45, 2.75) is 0 Å². The fraction of sp³-hybridized carbons (Fsp3) is 0.267. The zero-order valence-electron chi connectivity index (χ0n) is 12.2. The summed E-state index contributed by atoms with van der Waals surface area (Å²) in [6.45, 7) is 0.930. The maximum Gasteiger partial charge on any atom is 0.404 e. The highest BCUT2D eigenvalue weighted by Crippen LogP contribution is 2.19. The van der Waals surface area contributed by atoms with Crippen LogP contribution in [0.4, 0.5) is 4.79 Å². The van der Waals surface area contributed by atoms with Crippen molar-refractivity contribution in [3.63, 3.8) is 0 Å². The SMILES string of the molecule is N#CC#Cc1ccc(C(=O)NCCSSCCNC(=O)O)cc1. The molecular weight excluding hydrogens is 334 g/mol. The van der Waals surface area contributed by atoms with E-state index in [0.29, 0.717) is 30.0 Å². The Hall–Kier alpha value is -2.29. The lowest BCUT2D eigenvalue weighted by atomic mass is 10.1. The van der Waals surface area contributed by atoms with E-state index in [1.165, 1.54) is 0 Å². The molecule has 2 amide bonds. The number of hydrogen-bond acceptors (Lipinski definition) is 5. The summed E-state index contributed by atoms with van der Waals surface area (Å²) in [6, 6.07) is 8.45. The number of rotatable bonds is 8. The predicted molar refractivity (Wildman–Crippen MR) is 92.2 cm³/mol. The fourth-order valence-corrected chi connectivity index (χ4v) is 3.24. The van der Waals surface area contributed by atoms with E-state index in [0.717, 1.165) is 5.75 Å². The number of nitriles is 1. The Balaban J connectivity index is 2.19. The van der Waals surface area contributed by atoms with Gasteiger partial charge in [0.25, 0.3) is 5.91 Å². The normalized spacial score (nSPS) is 9.17. The van der Waals surface area contributed by atoms with Gasteiger partial charge < -0.3 is 15.7 Å². The van der Waals surface area contributed by atoms with Gasteiger partial charge in [0, 0.05) is 41.6 Å². The molecule has 0 radical (unpaired) electrons. The number of nitrogens with one attached hydrogen (secondary N) is 2. The quantitative estimate of drug-likeness (QED) is 0.377. The van der Waals surface area contributed by atoms with Crippen molar-refractivity contribution in [3.8, 4) is 17.9 Å². The molecule has 0 aliphatic carbocycles. The minimum atomic E-state index is -1.02. The van der Waals surface area contributed by atoms with Crippen LogP contribution >= 0.6 is 21.6 Å². The van der Waals surface area contributed by atoms with Crippen molar-refractivity contribution >= 4 is 33.6 Å². The monoisotopic (exact) mass is 349 g/mol. The van der Waals surface area contributed by atoms with Crippen LogP contribution in [0.1, 0.15) is 15.9 Å². The summed E-state index contributed by atoms with van der Waals surface area (Å²) in [4.78, 5) is 22.1. The maximum atomic E-state index is 11.9. The maximum absolute atomic E-state index is 11.9. The molecule has 0 aliphatic heterocycles. The molecule has 1 aromatic rings. The van der Waals surface area contributed by atoms with Gasteiger partial charge in [-0.25, -0.2) is 4.79 Å². The Morgan fingerprint density at radius 2 is 1.70 bits per heavy atom. The first kappa shape index (κ1) is 18.8. The lowest BCUT2D eigenvalue weighted by Gasteiger charge is -2.05. The highest BCUT2D eigenvalue weighted by Gasteiger charge is 2.04. The van der Waals surface area contributed by atoms with E-state index in [2.05, 4.69) is 22.5 Å². The number of nitrogens with zero attached hydrogens (tertiary/aromatic N) is 1. The van der Waals surface area contributed by atoms with E-state index in [1.807, 2.05) is 0 Å². The van der Waals surface area contributed by atoms with E-state index in [-0.39, 0.29) is 5.91 Å². The third-order valence-electron chi connectivity index (χ3n) is 2.43. The molecule has 1 aromatic carbocycles. The third kappa shape index (κ3) is 8.67. The highest BCUT2D eigenvalue weighted by molar-refractivity contribution is 8.76. The van der Waals surface area contributed by atoms with E-state index in [9.17, 15) is 9.59 Å². The minimum Gasteiger partial charge on any atom is -0.465 e. The van der Waals surface area contributed by atoms with Gasteiger partial charge in [0.1, 0.15) is 0 Å². The second kappa shape index (κ2) is 11.3. The van der Waals surface area contributed by atoms with Crippen LogP contribution in [-0.2, 0) is 0 Å². The molecule has 0 saturated heterocycles. The van der Waals surface area contributed by atoms with Crippen LogP contribution in [0.25, 0.3) is 0 Å². The molecule has 0 heterocycles. The predicted octanol–water partition coefficient (Wildman–Crippen LogP) is 1.94. The molecule has 0 unspecified atom stereocenters. The van der Waals surface area contributed by atoms with Crippen molar-refractivity contribution in [1.29, 1.82) is 5.26 Å². The van der Waals surface area contributed by atoms with Crippen molar-refractivity contribution < 1.29 is 14.7 Å². The summed E-state index contributed by atoms with van der Waals surface area (Å²) in [6.07, 6.45) is -1.02. The third-order valence-corrected chi connectivity index (χ3v) is 4.83. The van der Waals surface area contributed by atoms with Crippen molar-refractivity contribution in [2.75, 3.05) is 24.6 Å². The smallest absolute Gasteiger partial charge is 0.404 e. The second-order valence-electron chi connectivity index (χ2n) is 4.07. The Morgan fingerprint density at radius 1 is 1.09 bits per heavy atom. The number of carboxylic acid groups (broad SMARTS) is 1. The van der Waals surface area contributed by atoms with Gasteiger partial charge in [0.2, 0.25) is 0 Å². The summed E-state index contributed by atoms with van der Waals surface area (Å²) in [5.41, 5.74) is 1.22. The molecule has 0 aliphatic rings. The summed E-state index contributed by atoms with van der Waals surface area (Å²) in [7, 11) is 3.12. The molecule has 8 heteroatoms. The molecule has 0 fully saturated rings. The average molecular weight is 349 g/mol. The van der Waals surface area contributed by atoms with E-state index in [4.69, 9.17) is 10.4 Å². The zero-order valence-corrected chi connectivity index (χ0v) is 13.8. The highest BCUT2D eigenvalue weighted by atomic mass is 33.1. The molecule has 0 aromatic heterocycles. The molecule has 0 bridgehead atoms. The van der Waals surface area contributed by atoms with Crippen LogP contribution in [0.2, 0.25) is 0 Å². The Morgan fingerprint density at radius 3 is 2.26 bits per heavy atom. The van der Waals surface area contributed by atoms with Gasteiger partial charge in [-0.1, -0.05) is 27.5 Å². The summed E-state index contributed by atoms with van der Waals surface area (Å²) in [5.74, 6) is 6.19. The fourth-order valence-electron chi connectivity index (χ4n) is 1.43. The Bertz CT molecular complexity index is 630. The molecule has 23 heavy (non-hydrogen) atoms. The summed E-state index contributed by atoms with van der Waals surface area (Å²) < 4.78 is 0. The van der Waals surface area contributed by atoms with Crippen molar-refractivity contribution in [3.05, 3.63) is 35.4 Å². The van der Waals surface area contributed by atoms with Gasteiger partial charge in [-0.2, -0.15) is 5.26 Å². The first-order valence-corrected chi connectivity index (χ1v) is 9.12. The van der Waals surface area contributed by atoms with Crippen LogP contribution in [0.15, 0.2) is 24.3 Å². The average Bonchev–Trinajstić information content (AvgIpc) is 2.55. The summed E-state index contributed by atoms with van der Waals surface area (Å²) in [5, 5.41) is 21.8. The van der Waals surface area contributed by atoms with Gasteiger partial charge in [0.05, 0.1) is 0 Å². The molecule has 120 valence electrons. The first-order chi connectivity index (χ1) is 11.1. The van der Waals surface area contributed by atoms with E-state index < -0.39 is 6.09 Å². The molecule has 0 spiro atoms. The van der Waals surface area contributed by atoms with Gasteiger partial charge in [-0.15, -0.1) is 0 Å². The minimum absolute atomic E-state index is 0.164. The largest absolute Gasteiger partial charge is 0.465 e. The topological polar surface area (TPSA) is 102 Å². The Kier molecular flexibility index (Phi) is 9.22. The Labute approximate surface area is 142 Å². The number of carbonyl (C=O) groups excluding carboxylic acids is 1. The van der Waals surface area contributed by atoms with Gasteiger partial charge in [-0.3, -0.25) is 4.79 Å². The molecule has 0 atom stereocenters. The van der Waals surface area contributed by atoms with Crippen LogP contribution in [0.5, 0.6) is 0 Å². The molecule has 1 rings (SSSR count). The van der Waals surface area contributed by atoms with Gasteiger partial charge >= 0.3 is 6.09 Å². The molecular formula is C15H15N3O3S2. The lowest BCUT2D eigenvalue weighted by Crippen LogP contribution is -2.25. The molecule has 3 N–H and O–H groups in total. The van der Waals surface area contributed by atoms with Crippen LogP contribution in [0, 0.1) is 23.2 Å². The lowest BCUT2D eigenvalue weighted by molar-refractivity contribution is 0.0956. The standard InChI is InChI=1S/C15H15N3O3S2/c16-7-1-2-12-3-5-13(6-4-12)14(19)17-8-10-22-23-11-9-18-15(20)21/h3-6,18H,8-11H2,(H,17,19)(H,20,21). The molecule has 6 nitrogen and oxygen atoms in total. The number of benzene rings is 1. The molecule has 0 saturated carbocycles. The van der Waals surface area contributed by atoms with Crippen molar-refractivity contribution in [1.82, 2.24) is 10.6 Å². The van der Waals surface area contributed by atoms with Gasteiger partial charge in [0.15, 0.2) is 6.07 Å². The van der Waals surface area contributed by atoms with Crippen LogP contribution in [0.3, 0.4) is 0 Å². The number of carbonyl (C=O) groups is 2.